The lowest BCUT2D eigenvalue weighted by Gasteiger charge is -2.26. The normalized spacial score (nSPS) is 15.1. The summed E-state index contributed by atoms with van der Waals surface area (Å²) < 4.78 is 5.37. The second kappa shape index (κ2) is 7.97. The standard InChI is InChI=1S/C15H24N2O4/c1-5-20-13-8-6-12(7-9-13)15(3,16)14(18)17-11(2)10-21-19-4/h6-9,11H,5,10,16H2,1-4H3,(H,17,18). The Bertz CT molecular complexity index is 445. The van der Waals surface area contributed by atoms with Crippen molar-refractivity contribution in [2.75, 3.05) is 20.3 Å². The van der Waals surface area contributed by atoms with E-state index in [9.17, 15) is 4.79 Å². The Labute approximate surface area is 125 Å². The first-order chi connectivity index (χ1) is 9.91. The number of rotatable bonds is 8. The molecule has 6 heteroatoms. The van der Waals surface area contributed by atoms with Crippen molar-refractivity contribution in [2.24, 2.45) is 5.73 Å². The zero-order valence-corrected chi connectivity index (χ0v) is 13.0. The van der Waals surface area contributed by atoms with E-state index in [0.717, 1.165) is 5.75 Å². The van der Waals surface area contributed by atoms with Gasteiger partial charge in [-0.2, -0.15) is 0 Å². The molecule has 1 amide bonds. The van der Waals surface area contributed by atoms with Crippen LogP contribution >= 0.6 is 0 Å². The van der Waals surface area contributed by atoms with Gasteiger partial charge in [0.2, 0.25) is 5.91 Å². The largest absolute Gasteiger partial charge is 0.494 e. The van der Waals surface area contributed by atoms with E-state index in [1.165, 1.54) is 7.11 Å². The van der Waals surface area contributed by atoms with Crippen LogP contribution in [0.25, 0.3) is 0 Å². The first-order valence-electron chi connectivity index (χ1n) is 6.90. The highest BCUT2D eigenvalue weighted by Gasteiger charge is 2.31. The molecule has 2 unspecified atom stereocenters. The van der Waals surface area contributed by atoms with E-state index in [2.05, 4.69) is 10.2 Å². The fourth-order valence-electron chi connectivity index (χ4n) is 1.78. The summed E-state index contributed by atoms with van der Waals surface area (Å²) in [6.45, 7) is 6.24. The molecule has 0 saturated carbocycles. The lowest BCUT2D eigenvalue weighted by atomic mass is 9.92. The second-order valence-corrected chi connectivity index (χ2v) is 4.99. The minimum Gasteiger partial charge on any atom is -0.494 e. The van der Waals surface area contributed by atoms with Crippen LogP contribution in [0, 0.1) is 0 Å². The van der Waals surface area contributed by atoms with Gasteiger partial charge in [0.05, 0.1) is 19.8 Å². The summed E-state index contributed by atoms with van der Waals surface area (Å²) >= 11 is 0. The second-order valence-electron chi connectivity index (χ2n) is 4.99. The topological polar surface area (TPSA) is 82.8 Å². The number of nitrogens with one attached hydrogen (secondary N) is 1. The van der Waals surface area contributed by atoms with Gasteiger partial charge in [0.25, 0.3) is 0 Å². The van der Waals surface area contributed by atoms with Gasteiger partial charge in [-0.3, -0.25) is 4.79 Å². The SMILES string of the molecule is CCOc1ccc(C(C)(N)C(=O)NC(C)COOC)cc1. The third-order valence-corrected chi connectivity index (χ3v) is 3.05. The Balaban J connectivity index is 2.72. The van der Waals surface area contributed by atoms with Gasteiger partial charge >= 0.3 is 0 Å². The van der Waals surface area contributed by atoms with Crippen molar-refractivity contribution in [2.45, 2.75) is 32.4 Å². The average molecular weight is 296 g/mol. The Kier molecular flexibility index (Phi) is 6.61. The summed E-state index contributed by atoms with van der Waals surface area (Å²) in [6.07, 6.45) is 0. The number of amides is 1. The van der Waals surface area contributed by atoms with E-state index in [1.54, 1.807) is 31.2 Å². The number of carbonyl (C=O) groups is 1. The number of ether oxygens (including phenoxy) is 1. The van der Waals surface area contributed by atoms with Crippen LogP contribution in [0.2, 0.25) is 0 Å². The van der Waals surface area contributed by atoms with Crippen LogP contribution < -0.4 is 15.8 Å². The zero-order chi connectivity index (χ0) is 15.9. The Hall–Kier alpha value is -1.63. The van der Waals surface area contributed by atoms with E-state index in [4.69, 9.17) is 15.4 Å². The average Bonchev–Trinajstić information content (AvgIpc) is 2.46. The molecule has 1 aromatic carbocycles. The van der Waals surface area contributed by atoms with Crippen LogP contribution in [-0.2, 0) is 20.1 Å². The fourth-order valence-corrected chi connectivity index (χ4v) is 1.78. The molecule has 118 valence electrons. The van der Waals surface area contributed by atoms with Crippen LogP contribution in [0.15, 0.2) is 24.3 Å². The van der Waals surface area contributed by atoms with Gasteiger partial charge in [0, 0.05) is 0 Å². The van der Waals surface area contributed by atoms with Crippen molar-refractivity contribution in [3.8, 4) is 5.75 Å². The molecule has 2 atom stereocenters. The summed E-state index contributed by atoms with van der Waals surface area (Å²) in [4.78, 5) is 21.6. The smallest absolute Gasteiger partial charge is 0.244 e. The summed E-state index contributed by atoms with van der Waals surface area (Å²) in [5, 5.41) is 2.79. The molecule has 0 aliphatic carbocycles. The molecule has 0 heterocycles. The Morgan fingerprint density at radius 1 is 1.38 bits per heavy atom. The molecule has 1 rings (SSSR count). The van der Waals surface area contributed by atoms with E-state index >= 15 is 0 Å². The first kappa shape index (κ1) is 17.4. The van der Waals surface area contributed by atoms with Crippen molar-refractivity contribution in [1.82, 2.24) is 5.32 Å². The Morgan fingerprint density at radius 2 is 2.00 bits per heavy atom. The monoisotopic (exact) mass is 296 g/mol. The van der Waals surface area contributed by atoms with Crippen LogP contribution in [0.1, 0.15) is 26.3 Å². The number of hydrogen-bond donors (Lipinski definition) is 2. The van der Waals surface area contributed by atoms with Gasteiger partial charge < -0.3 is 15.8 Å². The molecule has 3 N–H and O–H groups in total. The maximum absolute atomic E-state index is 12.3. The minimum absolute atomic E-state index is 0.206. The van der Waals surface area contributed by atoms with E-state index in [0.29, 0.717) is 12.2 Å². The number of carbonyl (C=O) groups excluding carboxylic acids is 1. The molecule has 21 heavy (non-hydrogen) atoms. The maximum atomic E-state index is 12.3. The highest BCUT2D eigenvalue weighted by atomic mass is 17.2. The van der Waals surface area contributed by atoms with E-state index in [1.807, 2.05) is 13.8 Å². The summed E-state index contributed by atoms with van der Waals surface area (Å²) in [6, 6.07) is 6.98. The van der Waals surface area contributed by atoms with Gasteiger partial charge in [0.15, 0.2) is 0 Å². The van der Waals surface area contributed by atoms with Crippen molar-refractivity contribution in [3.05, 3.63) is 29.8 Å². The van der Waals surface area contributed by atoms with Crippen LogP contribution in [0.5, 0.6) is 5.75 Å². The van der Waals surface area contributed by atoms with Gasteiger partial charge in [-0.1, -0.05) is 12.1 Å². The van der Waals surface area contributed by atoms with Crippen molar-refractivity contribution in [3.63, 3.8) is 0 Å². The molecule has 0 fully saturated rings. The molecule has 0 spiro atoms. The number of nitrogens with two attached hydrogens (primary N) is 1. The molecular formula is C15H24N2O4. The lowest BCUT2D eigenvalue weighted by Crippen LogP contribution is -2.52. The molecular weight excluding hydrogens is 272 g/mol. The summed E-state index contributed by atoms with van der Waals surface area (Å²) in [5.74, 6) is 0.471. The molecule has 0 aliphatic heterocycles. The van der Waals surface area contributed by atoms with E-state index < -0.39 is 5.54 Å². The first-order valence-corrected chi connectivity index (χ1v) is 6.90. The molecule has 0 bridgehead atoms. The van der Waals surface area contributed by atoms with Gasteiger partial charge in [-0.05, 0) is 38.5 Å². The quantitative estimate of drug-likeness (QED) is 0.559. The summed E-state index contributed by atoms with van der Waals surface area (Å²) in [7, 11) is 1.42. The third-order valence-electron chi connectivity index (χ3n) is 3.05. The highest BCUT2D eigenvalue weighted by Crippen LogP contribution is 2.21. The molecule has 0 aliphatic rings. The van der Waals surface area contributed by atoms with Gasteiger partial charge in [-0.15, -0.1) is 0 Å². The molecule has 0 saturated heterocycles. The van der Waals surface area contributed by atoms with Crippen molar-refractivity contribution < 1.29 is 19.3 Å². The van der Waals surface area contributed by atoms with Crippen LogP contribution in [0.3, 0.4) is 0 Å². The van der Waals surface area contributed by atoms with Crippen LogP contribution in [0.4, 0.5) is 0 Å². The lowest BCUT2D eigenvalue weighted by molar-refractivity contribution is -0.275. The number of hydrogen-bond acceptors (Lipinski definition) is 5. The van der Waals surface area contributed by atoms with Gasteiger partial charge in [-0.25, -0.2) is 9.78 Å². The van der Waals surface area contributed by atoms with E-state index in [-0.39, 0.29) is 18.6 Å². The molecule has 1 aromatic rings. The molecule has 0 aromatic heterocycles. The molecule has 0 radical (unpaired) electrons. The van der Waals surface area contributed by atoms with Crippen LogP contribution in [-0.4, -0.2) is 32.3 Å². The van der Waals surface area contributed by atoms with Crippen molar-refractivity contribution in [1.29, 1.82) is 0 Å². The zero-order valence-electron chi connectivity index (χ0n) is 13.0. The minimum atomic E-state index is -1.13. The predicted octanol–water partition coefficient (Wildman–Crippen LogP) is 1.34. The van der Waals surface area contributed by atoms with Gasteiger partial charge in [0.1, 0.15) is 17.9 Å². The highest BCUT2D eigenvalue weighted by molar-refractivity contribution is 5.87. The predicted molar refractivity (Wildman–Crippen MR) is 79.7 cm³/mol. The third kappa shape index (κ3) is 5.00. The maximum Gasteiger partial charge on any atom is 0.244 e. The van der Waals surface area contributed by atoms with Crippen molar-refractivity contribution >= 4 is 5.91 Å². The molecule has 6 nitrogen and oxygen atoms in total. The Morgan fingerprint density at radius 3 is 2.52 bits per heavy atom. The summed E-state index contributed by atoms with van der Waals surface area (Å²) in [5.41, 5.74) is 5.74. The number of benzene rings is 1. The fraction of sp³-hybridized carbons (Fsp3) is 0.533.